The van der Waals surface area contributed by atoms with Crippen LogP contribution in [0, 0.1) is 5.92 Å². The molecule has 0 amide bonds. The van der Waals surface area contributed by atoms with E-state index in [0.717, 1.165) is 26.1 Å². The standard InChI is InChI=1S/C24H30N2O3.CH4/c1-17-13-25-15-22(18-7-4-3-5-8-18)26(16-23(28)29)14-20(25)12-24(17,2)19-9-6-10-21(27)11-19;/h3-11,17,20,22,27H,12-16H2,1-2H3,(H,28,29);1H4/t17-,20+,22+,24+;/m0./s1. The summed E-state index contributed by atoms with van der Waals surface area (Å²) < 4.78 is 0. The van der Waals surface area contributed by atoms with E-state index in [1.807, 2.05) is 30.3 Å². The fourth-order valence-corrected chi connectivity index (χ4v) is 5.26. The number of hydrogen-bond acceptors (Lipinski definition) is 4. The Morgan fingerprint density at radius 2 is 1.83 bits per heavy atom. The molecule has 4 rings (SSSR count). The third kappa shape index (κ3) is 4.23. The Morgan fingerprint density at radius 1 is 1.10 bits per heavy atom. The van der Waals surface area contributed by atoms with E-state index < -0.39 is 5.97 Å². The van der Waals surface area contributed by atoms with Gasteiger partial charge in [-0.3, -0.25) is 14.6 Å². The third-order valence-electron chi connectivity index (χ3n) is 7.09. The molecular weight excluding hydrogens is 376 g/mol. The van der Waals surface area contributed by atoms with Crippen LogP contribution in [0.1, 0.15) is 44.9 Å². The molecule has 2 aliphatic rings. The van der Waals surface area contributed by atoms with E-state index in [-0.39, 0.29) is 25.4 Å². The lowest BCUT2D eigenvalue weighted by Crippen LogP contribution is -2.62. The van der Waals surface area contributed by atoms with Crippen LogP contribution in [-0.2, 0) is 10.2 Å². The zero-order valence-electron chi connectivity index (χ0n) is 17.2. The van der Waals surface area contributed by atoms with Gasteiger partial charge in [0, 0.05) is 31.7 Å². The number of carboxylic acids is 1. The molecule has 2 heterocycles. The molecular formula is C25H34N2O3. The van der Waals surface area contributed by atoms with E-state index in [4.69, 9.17) is 0 Å². The average molecular weight is 411 g/mol. The summed E-state index contributed by atoms with van der Waals surface area (Å²) in [6.07, 6.45) is 0.954. The van der Waals surface area contributed by atoms with Crippen molar-refractivity contribution < 1.29 is 15.0 Å². The SMILES string of the molecule is C.C[C@H]1CN2C[C@H](c3ccccc3)N(CC(=O)O)C[C@H]2C[C@@]1(C)c1cccc(O)c1. The van der Waals surface area contributed by atoms with E-state index >= 15 is 0 Å². The van der Waals surface area contributed by atoms with E-state index in [1.54, 1.807) is 6.07 Å². The number of piperazine rings is 1. The summed E-state index contributed by atoms with van der Waals surface area (Å²) in [6, 6.07) is 18.3. The molecule has 0 radical (unpaired) electrons. The Balaban J connectivity index is 0.00000256. The minimum Gasteiger partial charge on any atom is -0.508 e. The summed E-state index contributed by atoms with van der Waals surface area (Å²) in [4.78, 5) is 16.2. The van der Waals surface area contributed by atoms with Crippen LogP contribution in [0.4, 0.5) is 0 Å². The zero-order chi connectivity index (χ0) is 20.6. The molecule has 2 fully saturated rings. The smallest absolute Gasteiger partial charge is 0.317 e. The predicted molar refractivity (Wildman–Crippen MR) is 120 cm³/mol. The number of rotatable bonds is 4. The van der Waals surface area contributed by atoms with Gasteiger partial charge in [0.15, 0.2) is 0 Å². The number of phenols is 1. The van der Waals surface area contributed by atoms with Gasteiger partial charge in [0.1, 0.15) is 5.75 Å². The van der Waals surface area contributed by atoms with Gasteiger partial charge in [0.25, 0.3) is 0 Å². The Hall–Kier alpha value is -2.37. The molecule has 0 aromatic heterocycles. The summed E-state index contributed by atoms with van der Waals surface area (Å²) in [5.74, 6) is -0.0408. The number of carbonyl (C=O) groups is 1. The van der Waals surface area contributed by atoms with E-state index in [1.165, 1.54) is 11.1 Å². The first-order chi connectivity index (χ1) is 13.9. The molecule has 5 heteroatoms. The van der Waals surface area contributed by atoms with Crippen molar-refractivity contribution in [3.05, 3.63) is 65.7 Å². The van der Waals surface area contributed by atoms with Gasteiger partial charge in [-0.2, -0.15) is 0 Å². The molecule has 0 bridgehead atoms. The molecule has 0 aliphatic carbocycles. The highest BCUT2D eigenvalue weighted by atomic mass is 16.4. The number of aromatic hydroxyl groups is 1. The normalized spacial score (nSPS) is 29.6. The van der Waals surface area contributed by atoms with Crippen LogP contribution in [-0.4, -0.2) is 58.2 Å². The number of benzene rings is 2. The number of nitrogens with zero attached hydrogens (tertiary/aromatic N) is 2. The summed E-state index contributed by atoms with van der Waals surface area (Å²) in [5, 5.41) is 19.5. The van der Waals surface area contributed by atoms with E-state index in [9.17, 15) is 15.0 Å². The van der Waals surface area contributed by atoms with Gasteiger partial charge >= 0.3 is 5.97 Å². The van der Waals surface area contributed by atoms with Crippen molar-refractivity contribution in [2.45, 2.75) is 45.2 Å². The van der Waals surface area contributed by atoms with Crippen molar-refractivity contribution >= 4 is 5.97 Å². The van der Waals surface area contributed by atoms with E-state index in [0.29, 0.717) is 17.7 Å². The van der Waals surface area contributed by atoms with Crippen LogP contribution in [0.5, 0.6) is 5.75 Å². The summed E-state index contributed by atoms with van der Waals surface area (Å²) in [7, 11) is 0. The predicted octanol–water partition coefficient (Wildman–Crippen LogP) is 4.14. The number of hydrogen-bond donors (Lipinski definition) is 2. The second-order valence-corrected chi connectivity index (χ2v) is 8.93. The van der Waals surface area contributed by atoms with Gasteiger partial charge in [0.05, 0.1) is 6.54 Å². The molecule has 0 unspecified atom stereocenters. The molecule has 162 valence electrons. The third-order valence-corrected chi connectivity index (χ3v) is 7.09. The van der Waals surface area contributed by atoms with Gasteiger partial charge in [0.2, 0.25) is 0 Å². The largest absolute Gasteiger partial charge is 0.508 e. The molecule has 0 saturated carbocycles. The molecule has 4 atom stereocenters. The van der Waals surface area contributed by atoms with Crippen molar-refractivity contribution in [3.8, 4) is 5.75 Å². The molecule has 2 aromatic carbocycles. The van der Waals surface area contributed by atoms with Gasteiger partial charge in [-0.15, -0.1) is 0 Å². The molecule has 2 aliphatic heterocycles. The number of piperidine rings is 1. The van der Waals surface area contributed by atoms with Crippen LogP contribution in [0.25, 0.3) is 0 Å². The first-order valence-electron chi connectivity index (χ1n) is 10.4. The maximum Gasteiger partial charge on any atom is 0.317 e. The highest BCUT2D eigenvalue weighted by molar-refractivity contribution is 5.69. The lowest BCUT2D eigenvalue weighted by molar-refractivity contribution is -0.141. The second-order valence-electron chi connectivity index (χ2n) is 8.93. The first-order valence-corrected chi connectivity index (χ1v) is 10.4. The highest BCUT2D eigenvalue weighted by Gasteiger charge is 2.46. The van der Waals surface area contributed by atoms with Crippen molar-refractivity contribution in [2.24, 2.45) is 5.92 Å². The first kappa shape index (κ1) is 22.3. The monoisotopic (exact) mass is 410 g/mol. The van der Waals surface area contributed by atoms with Gasteiger partial charge in [-0.1, -0.05) is 63.7 Å². The van der Waals surface area contributed by atoms with E-state index in [2.05, 4.69) is 41.8 Å². The molecule has 30 heavy (non-hydrogen) atoms. The minimum atomic E-state index is -0.778. The minimum absolute atomic E-state index is 0. The highest BCUT2D eigenvalue weighted by Crippen LogP contribution is 2.45. The lowest BCUT2D eigenvalue weighted by Gasteiger charge is -2.55. The topological polar surface area (TPSA) is 64.0 Å². The van der Waals surface area contributed by atoms with Crippen molar-refractivity contribution in [2.75, 3.05) is 26.2 Å². The summed E-state index contributed by atoms with van der Waals surface area (Å²) >= 11 is 0. The summed E-state index contributed by atoms with van der Waals surface area (Å²) in [6.45, 7) is 7.20. The van der Waals surface area contributed by atoms with Gasteiger partial charge in [-0.05, 0) is 41.0 Å². The quantitative estimate of drug-likeness (QED) is 0.793. The second kappa shape index (κ2) is 8.78. The molecule has 2 aromatic rings. The van der Waals surface area contributed by atoms with Crippen LogP contribution < -0.4 is 0 Å². The zero-order valence-corrected chi connectivity index (χ0v) is 17.2. The molecule has 0 spiro atoms. The average Bonchev–Trinajstić information content (AvgIpc) is 2.69. The van der Waals surface area contributed by atoms with Crippen LogP contribution >= 0.6 is 0 Å². The Bertz CT molecular complexity index is 872. The Morgan fingerprint density at radius 3 is 2.50 bits per heavy atom. The maximum atomic E-state index is 11.6. The number of aliphatic carboxylic acids is 1. The molecule has 5 nitrogen and oxygen atoms in total. The number of carboxylic acid groups (broad SMARTS) is 1. The van der Waals surface area contributed by atoms with Crippen LogP contribution in [0.2, 0.25) is 0 Å². The Kier molecular flexibility index (Phi) is 6.53. The Labute approximate surface area is 179 Å². The maximum absolute atomic E-state index is 11.6. The van der Waals surface area contributed by atoms with Crippen LogP contribution in [0.3, 0.4) is 0 Å². The van der Waals surface area contributed by atoms with Gasteiger partial charge in [-0.25, -0.2) is 0 Å². The van der Waals surface area contributed by atoms with Crippen molar-refractivity contribution in [1.82, 2.24) is 9.80 Å². The van der Waals surface area contributed by atoms with Crippen molar-refractivity contribution in [1.29, 1.82) is 0 Å². The fourth-order valence-electron chi connectivity index (χ4n) is 5.26. The fraction of sp³-hybridized carbons (Fsp3) is 0.480. The molecule has 2 saturated heterocycles. The van der Waals surface area contributed by atoms with Gasteiger partial charge < -0.3 is 10.2 Å². The number of fused-ring (bicyclic) bond motifs is 1. The summed E-state index contributed by atoms with van der Waals surface area (Å²) in [5.41, 5.74) is 2.30. The lowest BCUT2D eigenvalue weighted by atomic mass is 9.65. The molecule has 2 N–H and O–H groups in total. The van der Waals surface area contributed by atoms with Crippen molar-refractivity contribution in [3.63, 3.8) is 0 Å². The van der Waals surface area contributed by atoms with Crippen LogP contribution in [0.15, 0.2) is 54.6 Å². The number of phenolic OH excluding ortho intramolecular Hbond substituents is 1.